The molecule has 3 unspecified atom stereocenters. The second-order valence-electron chi connectivity index (χ2n) is 5.99. The molecule has 0 bridgehead atoms. The molecule has 8 nitrogen and oxygen atoms in total. The summed E-state index contributed by atoms with van der Waals surface area (Å²) in [5.41, 5.74) is 0. The monoisotopic (exact) mass is 338 g/mol. The maximum atomic E-state index is 9.84. The van der Waals surface area contributed by atoms with Gasteiger partial charge in [0.25, 0.3) is 0 Å². The van der Waals surface area contributed by atoms with Crippen molar-refractivity contribution in [2.75, 3.05) is 13.2 Å². The number of hydrogen-bond donors (Lipinski definition) is 6. The van der Waals surface area contributed by atoms with Crippen molar-refractivity contribution in [1.82, 2.24) is 0 Å². The topological polar surface area (TPSA) is 140 Å². The lowest BCUT2D eigenvalue weighted by Crippen LogP contribution is -2.59. The predicted molar refractivity (Wildman–Crippen MR) is 80.5 cm³/mol. The van der Waals surface area contributed by atoms with Gasteiger partial charge < -0.3 is 40.1 Å². The lowest BCUT2D eigenvalue weighted by molar-refractivity contribution is -0.302. The van der Waals surface area contributed by atoms with Crippen LogP contribution in [-0.2, 0) is 9.47 Å². The van der Waals surface area contributed by atoms with Crippen LogP contribution in [0.5, 0.6) is 0 Å². The molecule has 1 aliphatic heterocycles. The molecule has 1 fully saturated rings. The second kappa shape index (κ2) is 10.5. The van der Waals surface area contributed by atoms with Gasteiger partial charge in [0.2, 0.25) is 0 Å². The molecular formula is C15H30O8. The van der Waals surface area contributed by atoms with Crippen molar-refractivity contribution in [3.63, 3.8) is 0 Å². The first-order valence-corrected chi connectivity index (χ1v) is 8.20. The first-order chi connectivity index (χ1) is 10.9. The Hall–Kier alpha value is -0.320. The molecule has 1 rings (SSSR count). The second-order valence-corrected chi connectivity index (χ2v) is 5.99. The Kier molecular flexibility index (Phi) is 9.48. The van der Waals surface area contributed by atoms with Gasteiger partial charge in [-0.25, -0.2) is 0 Å². The summed E-state index contributed by atoms with van der Waals surface area (Å²) >= 11 is 0. The average Bonchev–Trinajstić information content (AvgIpc) is 2.54. The number of unbranched alkanes of at least 4 members (excludes halogenated alkanes) is 2. The third kappa shape index (κ3) is 6.24. The van der Waals surface area contributed by atoms with Crippen LogP contribution in [0.3, 0.4) is 0 Å². The molecule has 0 aliphatic carbocycles. The van der Waals surface area contributed by atoms with Crippen LogP contribution in [0, 0.1) is 0 Å². The number of ether oxygens (including phenoxy) is 2. The van der Waals surface area contributed by atoms with Crippen molar-refractivity contribution in [2.45, 2.75) is 81.9 Å². The molecule has 7 atom stereocenters. The Labute approximate surface area is 136 Å². The first-order valence-electron chi connectivity index (χ1n) is 8.20. The van der Waals surface area contributed by atoms with Gasteiger partial charge >= 0.3 is 0 Å². The van der Waals surface area contributed by atoms with Gasteiger partial charge in [-0.15, -0.1) is 0 Å². The van der Waals surface area contributed by atoms with Crippen molar-refractivity contribution in [3.05, 3.63) is 0 Å². The van der Waals surface area contributed by atoms with Gasteiger partial charge in [0.1, 0.15) is 24.4 Å². The lowest BCUT2D eigenvalue weighted by Gasteiger charge is -2.39. The van der Waals surface area contributed by atoms with Gasteiger partial charge in [0.15, 0.2) is 6.29 Å². The lowest BCUT2D eigenvalue weighted by atomic mass is 9.99. The molecule has 0 amide bonds. The molecule has 1 heterocycles. The third-order valence-electron chi connectivity index (χ3n) is 4.09. The fraction of sp³-hybridized carbons (Fsp3) is 1.00. The van der Waals surface area contributed by atoms with Gasteiger partial charge in [-0.1, -0.05) is 26.2 Å². The quantitative estimate of drug-likeness (QED) is 0.264. The van der Waals surface area contributed by atoms with Crippen molar-refractivity contribution >= 4 is 0 Å². The highest BCUT2D eigenvalue weighted by Crippen LogP contribution is 2.22. The molecule has 1 aliphatic rings. The average molecular weight is 338 g/mol. The Morgan fingerprint density at radius 1 is 0.957 bits per heavy atom. The first kappa shape index (κ1) is 20.7. The van der Waals surface area contributed by atoms with Crippen molar-refractivity contribution in [2.24, 2.45) is 0 Å². The highest BCUT2D eigenvalue weighted by Gasteiger charge is 2.43. The summed E-state index contributed by atoms with van der Waals surface area (Å²) in [4.78, 5) is 0. The van der Waals surface area contributed by atoms with Gasteiger partial charge in [-0.05, 0) is 12.8 Å². The van der Waals surface area contributed by atoms with Crippen LogP contribution in [0.25, 0.3) is 0 Å². The maximum Gasteiger partial charge on any atom is 0.186 e. The summed E-state index contributed by atoms with van der Waals surface area (Å²) in [6.45, 7) is 1.52. The van der Waals surface area contributed by atoms with Crippen LogP contribution in [-0.4, -0.2) is 86.8 Å². The smallest absolute Gasteiger partial charge is 0.186 e. The van der Waals surface area contributed by atoms with Crippen LogP contribution in [0.1, 0.15) is 39.0 Å². The summed E-state index contributed by atoms with van der Waals surface area (Å²) in [5.74, 6) is 0. The van der Waals surface area contributed by atoms with Crippen LogP contribution in [0.15, 0.2) is 0 Å². The van der Waals surface area contributed by atoms with E-state index in [9.17, 15) is 25.5 Å². The van der Waals surface area contributed by atoms with Gasteiger partial charge in [0.05, 0.1) is 25.4 Å². The minimum absolute atomic E-state index is 0.00526. The fourth-order valence-corrected chi connectivity index (χ4v) is 2.50. The normalized spacial score (nSPS) is 34.3. The number of rotatable bonds is 10. The molecule has 1 saturated heterocycles. The fourth-order valence-electron chi connectivity index (χ4n) is 2.50. The van der Waals surface area contributed by atoms with Gasteiger partial charge in [-0.3, -0.25) is 0 Å². The summed E-state index contributed by atoms with van der Waals surface area (Å²) < 4.78 is 10.4. The highest BCUT2D eigenvalue weighted by molar-refractivity contribution is 4.88. The maximum absolute atomic E-state index is 9.84. The van der Waals surface area contributed by atoms with E-state index in [1.54, 1.807) is 0 Å². The van der Waals surface area contributed by atoms with Gasteiger partial charge in [0, 0.05) is 0 Å². The van der Waals surface area contributed by atoms with E-state index < -0.39 is 49.5 Å². The highest BCUT2D eigenvalue weighted by atomic mass is 16.7. The number of aliphatic hydroxyl groups excluding tert-OH is 6. The zero-order valence-corrected chi connectivity index (χ0v) is 13.5. The summed E-state index contributed by atoms with van der Waals surface area (Å²) in [6, 6.07) is 0. The number of hydrogen-bond acceptors (Lipinski definition) is 8. The minimum atomic E-state index is -1.49. The van der Waals surface area contributed by atoms with E-state index in [2.05, 4.69) is 6.92 Å². The predicted octanol–water partition coefficient (Wildman–Crippen LogP) is -1.50. The summed E-state index contributed by atoms with van der Waals surface area (Å²) in [6.07, 6.45) is -4.89. The van der Waals surface area contributed by atoms with Crippen molar-refractivity contribution in [3.8, 4) is 0 Å². The Bertz CT molecular complexity index is 314. The largest absolute Gasteiger partial charge is 0.394 e. The summed E-state index contributed by atoms with van der Waals surface area (Å²) in [7, 11) is 0. The Balaban J connectivity index is 2.33. The molecule has 0 aromatic carbocycles. The molecule has 0 aromatic heterocycles. The van der Waals surface area contributed by atoms with Crippen molar-refractivity contribution < 1.29 is 40.1 Å². The number of aliphatic hydroxyl groups is 6. The van der Waals surface area contributed by atoms with Crippen LogP contribution in [0.2, 0.25) is 0 Å². The van der Waals surface area contributed by atoms with Crippen molar-refractivity contribution in [1.29, 1.82) is 0 Å². The molecule has 0 spiro atoms. The zero-order chi connectivity index (χ0) is 17.4. The van der Waals surface area contributed by atoms with E-state index in [0.717, 1.165) is 19.3 Å². The Morgan fingerprint density at radius 2 is 1.61 bits per heavy atom. The molecule has 6 N–H and O–H groups in total. The van der Waals surface area contributed by atoms with Crippen LogP contribution < -0.4 is 0 Å². The van der Waals surface area contributed by atoms with Gasteiger partial charge in [-0.2, -0.15) is 0 Å². The summed E-state index contributed by atoms with van der Waals surface area (Å²) in [5, 5.41) is 57.8. The molecule has 0 radical (unpaired) electrons. The minimum Gasteiger partial charge on any atom is -0.394 e. The SMILES string of the molecule is CCCCCC(O)[C@@H](O)CCO[C@H]1OC(CO)[C@H](O)C(O)[C@@H]1O. The van der Waals surface area contributed by atoms with E-state index in [0.29, 0.717) is 6.42 Å². The molecule has 138 valence electrons. The van der Waals surface area contributed by atoms with E-state index in [1.807, 2.05) is 0 Å². The van der Waals surface area contributed by atoms with E-state index in [4.69, 9.17) is 14.6 Å². The van der Waals surface area contributed by atoms with E-state index in [-0.39, 0.29) is 13.0 Å². The van der Waals surface area contributed by atoms with E-state index in [1.165, 1.54) is 0 Å². The molecule has 0 aromatic rings. The Morgan fingerprint density at radius 3 is 2.22 bits per heavy atom. The molecule has 8 heteroatoms. The third-order valence-corrected chi connectivity index (χ3v) is 4.09. The van der Waals surface area contributed by atoms with Crippen LogP contribution in [0.4, 0.5) is 0 Å². The molecular weight excluding hydrogens is 308 g/mol. The standard InChI is InChI=1S/C15H30O8/c1-2-3-4-5-9(17)10(18)6-7-22-15-14(21)13(20)12(19)11(8-16)23-15/h9-21H,2-8H2,1H3/t9?,10-,11?,12-,13?,14-,15-/m0/s1. The molecule has 0 saturated carbocycles. The van der Waals surface area contributed by atoms with Crippen LogP contribution >= 0.6 is 0 Å². The van der Waals surface area contributed by atoms with E-state index >= 15 is 0 Å². The molecule has 23 heavy (non-hydrogen) atoms. The zero-order valence-electron chi connectivity index (χ0n) is 13.5.